The molecule has 128 valence electrons. The Morgan fingerprint density at radius 2 is 2.09 bits per heavy atom. The Bertz CT molecular complexity index is 503. The number of rotatable bonds is 7. The van der Waals surface area contributed by atoms with Gasteiger partial charge in [-0.15, -0.1) is 0 Å². The van der Waals surface area contributed by atoms with Gasteiger partial charge in [0.25, 0.3) is 0 Å². The van der Waals surface area contributed by atoms with Crippen molar-refractivity contribution in [3.05, 3.63) is 29.8 Å². The number of ether oxygens (including phenoxy) is 1. The quantitative estimate of drug-likeness (QED) is 0.812. The summed E-state index contributed by atoms with van der Waals surface area (Å²) in [6.07, 6.45) is 5.62. The molecule has 1 amide bonds. The Morgan fingerprint density at radius 1 is 1.35 bits per heavy atom. The maximum Gasteiger partial charge on any atom is 0.220 e. The molecule has 1 aliphatic rings. The van der Waals surface area contributed by atoms with Gasteiger partial charge < -0.3 is 15.2 Å². The molecule has 0 radical (unpaired) electrons. The van der Waals surface area contributed by atoms with Crippen LogP contribution >= 0.6 is 0 Å². The number of carbonyl (C=O) groups is 1. The minimum Gasteiger partial charge on any atom is -0.496 e. The summed E-state index contributed by atoms with van der Waals surface area (Å²) in [5, 5.41) is 12.6. The van der Waals surface area contributed by atoms with Gasteiger partial charge in [0.15, 0.2) is 0 Å². The van der Waals surface area contributed by atoms with Crippen molar-refractivity contribution in [2.24, 2.45) is 11.8 Å². The van der Waals surface area contributed by atoms with Crippen LogP contribution in [0.5, 0.6) is 5.75 Å². The summed E-state index contributed by atoms with van der Waals surface area (Å²) in [5.41, 5.74) is 1.14. The van der Waals surface area contributed by atoms with E-state index in [2.05, 4.69) is 18.3 Å². The lowest BCUT2D eigenvalue weighted by Crippen LogP contribution is -2.43. The van der Waals surface area contributed by atoms with E-state index in [1.54, 1.807) is 7.11 Å². The predicted octanol–water partition coefficient (Wildman–Crippen LogP) is 2.93. The maximum atomic E-state index is 12.3. The molecule has 3 unspecified atom stereocenters. The second-order valence-electron chi connectivity index (χ2n) is 6.73. The molecule has 0 spiro atoms. The number of methoxy groups -OCH3 is 1. The van der Waals surface area contributed by atoms with Gasteiger partial charge in [0, 0.05) is 25.0 Å². The molecule has 1 aliphatic carbocycles. The van der Waals surface area contributed by atoms with E-state index in [1.165, 1.54) is 0 Å². The van der Waals surface area contributed by atoms with E-state index < -0.39 is 0 Å². The third-order valence-corrected chi connectivity index (χ3v) is 4.78. The average molecular weight is 319 g/mol. The summed E-state index contributed by atoms with van der Waals surface area (Å²) in [6.45, 7) is 2.26. The second kappa shape index (κ2) is 8.92. The summed E-state index contributed by atoms with van der Waals surface area (Å²) >= 11 is 0. The van der Waals surface area contributed by atoms with Crippen LogP contribution in [0.1, 0.15) is 44.6 Å². The molecule has 0 bridgehead atoms. The Balaban J connectivity index is 1.84. The number of hydrogen-bond donors (Lipinski definition) is 2. The van der Waals surface area contributed by atoms with Crippen LogP contribution in [-0.2, 0) is 11.2 Å². The smallest absolute Gasteiger partial charge is 0.220 e. The molecule has 23 heavy (non-hydrogen) atoms. The Morgan fingerprint density at radius 3 is 2.83 bits per heavy atom. The van der Waals surface area contributed by atoms with Gasteiger partial charge in [0.1, 0.15) is 5.75 Å². The van der Waals surface area contributed by atoms with Gasteiger partial charge in [-0.2, -0.15) is 0 Å². The van der Waals surface area contributed by atoms with Gasteiger partial charge in [-0.05, 0) is 36.8 Å². The van der Waals surface area contributed by atoms with Gasteiger partial charge in [-0.25, -0.2) is 0 Å². The summed E-state index contributed by atoms with van der Waals surface area (Å²) < 4.78 is 5.37. The molecular formula is C19H29NO3. The lowest BCUT2D eigenvalue weighted by atomic mass is 9.85. The largest absolute Gasteiger partial charge is 0.496 e. The van der Waals surface area contributed by atoms with Crippen LogP contribution in [0, 0.1) is 11.8 Å². The highest BCUT2D eigenvalue weighted by Crippen LogP contribution is 2.25. The Kier molecular flexibility index (Phi) is 6.90. The molecule has 1 saturated carbocycles. The number of amides is 1. The first kappa shape index (κ1) is 17.8. The van der Waals surface area contributed by atoms with Crippen LogP contribution in [0.15, 0.2) is 24.3 Å². The van der Waals surface area contributed by atoms with E-state index >= 15 is 0 Å². The first-order chi connectivity index (χ1) is 11.1. The van der Waals surface area contributed by atoms with Crippen molar-refractivity contribution in [1.29, 1.82) is 0 Å². The zero-order valence-electron chi connectivity index (χ0n) is 14.3. The number of nitrogens with one attached hydrogen (secondary N) is 1. The third-order valence-electron chi connectivity index (χ3n) is 4.78. The first-order valence-electron chi connectivity index (χ1n) is 8.66. The van der Waals surface area contributed by atoms with Gasteiger partial charge in [-0.3, -0.25) is 4.79 Å². The topological polar surface area (TPSA) is 58.6 Å². The monoisotopic (exact) mass is 319 g/mol. The number of hydrogen-bond acceptors (Lipinski definition) is 3. The van der Waals surface area contributed by atoms with Crippen molar-refractivity contribution in [3.8, 4) is 5.75 Å². The number of carbonyl (C=O) groups excluding carboxylic acids is 1. The van der Waals surface area contributed by atoms with Crippen molar-refractivity contribution in [2.45, 2.75) is 51.5 Å². The molecule has 3 atom stereocenters. The van der Waals surface area contributed by atoms with Crippen molar-refractivity contribution >= 4 is 5.91 Å². The van der Waals surface area contributed by atoms with Crippen molar-refractivity contribution < 1.29 is 14.6 Å². The molecule has 0 saturated heterocycles. The van der Waals surface area contributed by atoms with E-state index in [-0.39, 0.29) is 30.4 Å². The minimum atomic E-state index is 0.0951. The summed E-state index contributed by atoms with van der Waals surface area (Å²) in [5.74, 6) is 1.45. The highest BCUT2D eigenvalue weighted by molar-refractivity contribution is 5.76. The normalized spacial score (nSPS) is 22.4. The second-order valence-corrected chi connectivity index (χ2v) is 6.73. The van der Waals surface area contributed by atoms with Gasteiger partial charge in [0.2, 0.25) is 5.91 Å². The highest BCUT2D eigenvalue weighted by Gasteiger charge is 2.26. The van der Waals surface area contributed by atoms with Gasteiger partial charge in [-0.1, -0.05) is 38.0 Å². The lowest BCUT2D eigenvalue weighted by Gasteiger charge is -2.31. The minimum absolute atomic E-state index is 0.0951. The number of benzene rings is 1. The first-order valence-corrected chi connectivity index (χ1v) is 8.66. The number of aliphatic hydroxyl groups is 1. The molecule has 0 heterocycles. The fourth-order valence-corrected chi connectivity index (χ4v) is 3.52. The van der Waals surface area contributed by atoms with Crippen molar-refractivity contribution in [3.63, 3.8) is 0 Å². The van der Waals surface area contributed by atoms with Crippen LogP contribution in [-0.4, -0.2) is 30.8 Å². The fraction of sp³-hybridized carbons (Fsp3) is 0.632. The van der Waals surface area contributed by atoms with E-state index in [4.69, 9.17) is 4.74 Å². The lowest BCUT2D eigenvalue weighted by molar-refractivity contribution is -0.123. The standard InChI is InChI=1S/C19H29NO3/c1-14(11-15-7-4-6-10-18(15)23-2)12-19(22)20-17-9-5-3-8-16(17)13-21/h4,6-7,10,14,16-17,21H,3,5,8-9,11-13H2,1-2H3,(H,20,22). The Hall–Kier alpha value is -1.55. The summed E-state index contributed by atoms with van der Waals surface area (Å²) in [7, 11) is 1.67. The zero-order valence-corrected chi connectivity index (χ0v) is 14.3. The summed E-state index contributed by atoms with van der Waals surface area (Å²) in [4.78, 5) is 12.3. The Labute approximate surface area is 139 Å². The fourth-order valence-electron chi connectivity index (χ4n) is 3.52. The zero-order chi connectivity index (χ0) is 16.7. The van der Waals surface area contributed by atoms with Crippen LogP contribution in [0.2, 0.25) is 0 Å². The molecular weight excluding hydrogens is 290 g/mol. The SMILES string of the molecule is COc1ccccc1CC(C)CC(=O)NC1CCCCC1CO. The third kappa shape index (κ3) is 5.24. The van der Waals surface area contributed by atoms with Crippen molar-refractivity contribution in [1.82, 2.24) is 5.32 Å². The molecule has 0 aromatic heterocycles. The average Bonchev–Trinajstić information content (AvgIpc) is 2.55. The molecule has 0 aliphatic heterocycles. The molecule has 2 N–H and O–H groups in total. The van der Waals surface area contributed by atoms with Crippen LogP contribution < -0.4 is 10.1 Å². The van der Waals surface area contributed by atoms with Crippen LogP contribution in [0.4, 0.5) is 0 Å². The van der Waals surface area contributed by atoms with Gasteiger partial charge >= 0.3 is 0 Å². The summed E-state index contributed by atoms with van der Waals surface area (Å²) in [6, 6.07) is 8.10. The van der Waals surface area contributed by atoms with Crippen LogP contribution in [0.25, 0.3) is 0 Å². The molecule has 1 aromatic carbocycles. The highest BCUT2D eigenvalue weighted by atomic mass is 16.5. The molecule has 1 fully saturated rings. The predicted molar refractivity (Wildman–Crippen MR) is 91.5 cm³/mol. The van der Waals surface area contributed by atoms with E-state index in [1.807, 2.05) is 18.2 Å². The number of aliphatic hydroxyl groups excluding tert-OH is 1. The molecule has 2 rings (SSSR count). The van der Waals surface area contributed by atoms with E-state index in [0.717, 1.165) is 43.4 Å². The van der Waals surface area contributed by atoms with E-state index in [0.29, 0.717) is 6.42 Å². The molecule has 1 aromatic rings. The van der Waals surface area contributed by atoms with Crippen LogP contribution in [0.3, 0.4) is 0 Å². The van der Waals surface area contributed by atoms with Gasteiger partial charge in [0.05, 0.1) is 7.11 Å². The maximum absolute atomic E-state index is 12.3. The molecule has 4 heteroatoms. The molecule has 4 nitrogen and oxygen atoms in total. The number of para-hydroxylation sites is 1. The van der Waals surface area contributed by atoms with E-state index in [9.17, 15) is 9.90 Å². The van der Waals surface area contributed by atoms with Crippen molar-refractivity contribution in [2.75, 3.05) is 13.7 Å².